The van der Waals surface area contributed by atoms with E-state index in [-0.39, 0.29) is 0 Å². The Morgan fingerprint density at radius 1 is 1.38 bits per heavy atom. The molecule has 0 fully saturated rings. The summed E-state index contributed by atoms with van der Waals surface area (Å²) >= 11 is 4.12. The second-order valence-corrected chi connectivity index (χ2v) is 5.29. The molecule has 13 heavy (non-hydrogen) atoms. The second-order valence-electron chi connectivity index (χ2n) is 2.56. The van der Waals surface area contributed by atoms with Crippen molar-refractivity contribution in [3.05, 3.63) is 39.6 Å². The summed E-state index contributed by atoms with van der Waals surface area (Å²) in [6, 6.07) is 2.14. The van der Waals surface area contributed by atoms with Crippen LogP contribution in [0.4, 0.5) is 5.69 Å². The van der Waals surface area contributed by atoms with Crippen LogP contribution in [0.25, 0.3) is 0 Å². The third-order valence-corrected chi connectivity index (χ3v) is 3.64. The van der Waals surface area contributed by atoms with Crippen LogP contribution in [0.2, 0.25) is 0 Å². The summed E-state index contributed by atoms with van der Waals surface area (Å²) in [7, 11) is 0. The average Bonchev–Trinajstić information content (AvgIpc) is 2.51. The maximum absolute atomic E-state index is 3.75. The van der Waals surface area contributed by atoms with E-state index in [0.717, 1.165) is 13.1 Å². The fraction of sp³-hybridized carbons (Fsp3) is 0.200. The molecule has 70 valence electrons. The Morgan fingerprint density at radius 3 is 2.38 bits per heavy atom. The lowest BCUT2D eigenvalue weighted by molar-refractivity contribution is 0.958. The van der Waals surface area contributed by atoms with E-state index >= 15 is 0 Å². The van der Waals surface area contributed by atoms with E-state index in [4.69, 9.17) is 0 Å². The van der Waals surface area contributed by atoms with Crippen molar-refractivity contribution in [2.45, 2.75) is 0 Å². The van der Waals surface area contributed by atoms with Crippen LogP contribution in [0.3, 0.4) is 0 Å². The molecule has 1 heterocycles. The van der Waals surface area contributed by atoms with Crippen molar-refractivity contribution in [1.82, 2.24) is 0 Å². The normalized spacial score (nSPS) is 9.62. The molecule has 1 aromatic heterocycles. The molecular weight excluding hydrogens is 293 g/mol. The van der Waals surface area contributed by atoms with Crippen molar-refractivity contribution in [2.24, 2.45) is 0 Å². The van der Waals surface area contributed by atoms with Gasteiger partial charge < -0.3 is 4.90 Å². The van der Waals surface area contributed by atoms with Gasteiger partial charge in [-0.15, -0.1) is 24.5 Å². The predicted molar refractivity (Wildman–Crippen MR) is 69.6 cm³/mol. The van der Waals surface area contributed by atoms with Crippen molar-refractivity contribution < 1.29 is 0 Å². The van der Waals surface area contributed by atoms with Gasteiger partial charge in [-0.3, -0.25) is 0 Å². The standard InChI is InChI=1S/C10H12INS/c1-3-6-12(7-4-2)9-5-8-13-10(9)11/h3-5,8H,1-2,6-7H2. The summed E-state index contributed by atoms with van der Waals surface area (Å²) < 4.78 is 1.32. The van der Waals surface area contributed by atoms with E-state index in [2.05, 4.69) is 52.1 Å². The molecule has 0 saturated heterocycles. The van der Waals surface area contributed by atoms with Gasteiger partial charge in [0, 0.05) is 13.1 Å². The zero-order chi connectivity index (χ0) is 9.68. The quantitative estimate of drug-likeness (QED) is 0.594. The van der Waals surface area contributed by atoms with Crippen molar-refractivity contribution >= 4 is 39.6 Å². The number of nitrogens with zero attached hydrogens (tertiary/aromatic N) is 1. The van der Waals surface area contributed by atoms with Gasteiger partial charge in [0.2, 0.25) is 0 Å². The van der Waals surface area contributed by atoms with Gasteiger partial charge in [-0.2, -0.15) is 0 Å². The Morgan fingerprint density at radius 2 is 2.00 bits per heavy atom. The van der Waals surface area contributed by atoms with Crippen molar-refractivity contribution in [3.63, 3.8) is 0 Å². The Balaban J connectivity index is 2.80. The minimum atomic E-state index is 0.874. The molecule has 0 unspecified atom stereocenters. The number of hydrogen-bond donors (Lipinski definition) is 0. The lowest BCUT2D eigenvalue weighted by Gasteiger charge is -2.20. The van der Waals surface area contributed by atoms with Crippen LogP contribution < -0.4 is 4.90 Å². The molecular formula is C10H12INS. The highest BCUT2D eigenvalue weighted by Crippen LogP contribution is 2.27. The topological polar surface area (TPSA) is 3.24 Å². The number of halogens is 1. The van der Waals surface area contributed by atoms with Crippen LogP contribution in [-0.2, 0) is 0 Å². The first-order chi connectivity index (χ1) is 6.29. The molecule has 3 heteroatoms. The third-order valence-electron chi connectivity index (χ3n) is 1.64. The van der Waals surface area contributed by atoms with Gasteiger partial charge in [0.1, 0.15) is 0 Å². The SMILES string of the molecule is C=CCN(CC=C)c1ccsc1I. The zero-order valence-electron chi connectivity index (χ0n) is 7.37. The molecule has 0 aliphatic rings. The first kappa shape index (κ1) is 10.8. The van der Waals surface area contributed by atoms with Crippen LogP contribution in [0, 0.1) is 2.88 Å². The third kappa shape index (κ3) is 2.84. The molecule has 0 aliphatic carbocycles. The molecule has 0 spiro atoms. The fourth-order valence-corrected chi connectivity index (χ4v) is 2.69. The summed E-state index contributed by atoms with van der Waals surface area (Å²) in [6.07, 6.45) is 3.83. The first-order valence-corrected chi connectivity index (χ1v) is 5.95. The smallest absolute Gasteiger partial charge is 0.0886 e. The molecule has 0 bridgehead atoms. The summed E-state index contributed by atoms with van der Waals surface area (Å²) in [6.45, 7) is 9.24. The van der Waals surface area contributed by atoms with Gasteiger partial charge in [-0.05, 0) is 34.0 Å². The molecule has 0 atom stereocenters. The van der Waals surface area contributed by atoms with Crippen molar-refractivity contribution in [3.8, 4) is 0 Å². The molecule has 1 nitrogen and oxygen atoms in total. The molecule has 0 aromatic carbocycles. The van der Waals surface area contributed by atoms with Gasteiger partial charge in [0.15, 0.2) is 0 Å². The molecule has 0 aliphatic heterocycles. The van der Waals surface area contributed by atoms with Gasteiger partial charge >= 0.3 is 0 Å². The molecule has 0 N–H and O–H groups in total. The highest BCUT2D eigenvalue weighted by molar-refractivity contribution is 14.1. The summed E-state index contributed by atoms with van der Waals surface area (Å²) in [4.78, 5) is 2.25. The largest absolute Gasteiger partial charge is 0.363 e. The Hall–Kier alpha value is -0.290. The van der Waals surface area contributed by atoms with E-state index < -0.39 is 0 Å². The van der Waals surface area contributed by atoms with Crippen LogP contribution in [-0.4, -0.2) is 13.1 Å². The van der Waals surface area contributed by atoms with Gasteiger partial charge in [-0.1, -0.05) is 12.2 Å². The van der Waals surface area contributed by atoms with Crippen LogP contribution >= 0.6 is 33.9 Å². The maximum Gasteiger partial charge on any atom is 0.0886 e. The van der Waals surface area contributed by atoms with E-state index in [1.54, 1.807) is 11.3 Å². The number of hydrogen-bond acceptors (Lipinski definition) is 2. The highest BCUT2D eigenvalue weighted by atomic mass is 127. The lowest BCUT2D eigenvalue weighted by Crippen LogP contribution is -2.23. The van der Waals surface area contributed by atoms with Crippen molar-refractivity contribution in [2.75, 3.05) is 18.0 Å². The monoisotopic (exact) mass is 305 g/mol. The first-order valence-electron chi connectivity index (χ1n) is 3.99. The van der Waals surface area contributed by atoms with Crippen molar-refractivity contribution in [1.29, 1.82) is 0 Å². The van der Waals surface area contributed by atoms with Crippen LogP contribution in [0.15, 0.2) is 36.8 Å². The average molecular weight is 305 g/mol. The van der Waals surface area contributed by atoms with E-state index in [1.165, 1.54) is 8.57 Å². The summed E-state index contributed by atoms with van der Waals surface area (Å²) in [5.74, 6) is 0. The fourth-order valence-electron chi connectivity index (χ4n) is 1.10. The molecule has 0 radical (unpaired) electrons. The van der Waals surface area contributed by atoms with Crippen LogP contribution in [0.1, 0.15) is 0 Å². The zero-order valence-corrected chi connectivity index (χ0v) is 10.3. The Bertz CT molecular complexity index is 283. The predicted octanol–water partition coefficient (Wildman–Crippen LogP) is 3.53. The Kier molecular flexibility index (Phi) is 4.52. The summed E-state index contributed by atoms with van der Waals surface area (Å²) in [5.41, 5.74) is 1.28. The molecule has 1 rings (SSSR count). The molecule has 0 saturated carbocycles. The minimum absolute atomic E-state index is 0.874. The van der Waals surface area contributed by atoms with E-state index in [1.807, 2.05) is 12.2 Å². The highest BCUT2D eigenvalue weighted by Gasteiger charge is 2.07. The lowest BCUT2D eigenvalue weighted by atomic mass is 10.4. The maximum atomic E-state index is 3.75. The van der Waals surface area contributed by atoms with E-state index in [9.17, 15) is 0 Å². The van der Waals surface area contributed by atoms with Gasteiger partial charge in [-0.25, -0.2) is 0 Å². The van der Waals surface area contributed by atoms with Gasteiger partial charge in [0.05, 0.1) is 8.57 Å². The summed E-state index contributed by atoms with van der Waals surface area (Å²) in [5, 5.41) is 2.11. The second kappa shape index (κ2) is 5.44. The minimum Gasteiger partial charge on any atom is -0.363 e. The number of rotatable bonds is 5. The number of anilines is 1. The molecule has 1 aromatic rings. The van der Waals surface area contributed by atoms with Gasteiger partial charge in [0.25, 0.3) is 0 Å². The van der Waals surface area contributed by atoms with E-state index in [0.29, 0.717) is 0 Å². The Labute approximate surface area is 96.9 Å². The molecule has 0 amide bonds. The van der Waals surface area contributed by atoms with Crippen LogP contribution in [0.5, 0.6) is 0 Å². The number of thiophene rings is 1.